The third-order valence-electron chi connectivity index (χ3n) is 3.91. The van der Waals surface area contributed by atoms with Crippen LogP contribution in [0, 0.1) is 0 Å². The largest absolute Gasteiger partial charge is 0.344 e. The molecule has 0 aliphatic heterocycles. The number of halogens is 1. The summed E-state index contributed by atoms with van der Waals surface area (Å²) in [6.07, 6.45) is 0. The van der Waals surface area contributed by atoms with Crippen LogP contribution in [-0.2, 0) is 0 Å². The molecule has 25 heavy (non-hydrogen) atoms. The van der Waals surface area contributed by atoms with Crippen molar-refractivity contribution in [3.05, 3.63) is 95.3 Å². The van der Waals surface area contributed by atoms with Gasteiger partial charge in [0, 0.05) is 16.0 Å². The summed E-state index contributed by atoms with van der Waals surface area (Å²) in [6, 6.07) is 28.5. The lowest BCUT2D eigenvalue weighted by atomic mass is 10.1. The number of hydrogen-bond donors (Lipinski definition) is 1. The summed E-state index contributed by atoms with van der Waals surface area (Å²) in [7, 11) is 0. The Hall–Kier alpha value is -2.62. The van der Waals surface area contributed by atoms with Crippen LogP contribution in [0.1, 0.15) is 0 Å². The molecule has 0 saturated heterocycles. The van der Waals surface area contributed by atoms with Crippen molar-refractivity contribution in [1.29, 1.82) is 0 Å². The van der Waals surface area contributed by atoms with E-state index in [2.05, 4.69) is 63.8 Å². The molecule has 0 unspecified atom stereocenters. The molecular formula is C21H16ClN2S+. The van der Waals surface area contributed by atoms with Crippen LogP contribution >= 0.6 is 22.9 Å². The smallest absolute Gasteiger partial charge is 0.231 e. The van der Waals surface area contributed by atoms with Crippen LogP contribution < -0.4 is 9.88 Å². The molecule has 0 atom stereocenters. The minimum atomic E-state index is 0.743. The number of benzene rings is 3. The lowest BCUT2D eigenvalue weighted by Gasteiger charge is -2.06. The van der Waals surface area contributed by atoms with E-state index in [1.54, 1.807) is 11.3 Å². The van der Waals surface area contributed by atoms with E-state index in [1.165, 1.54) is 0 Å². The topological polar surface area (TPSA) is 15.9 Å². The molecule has 0 aliphatic carbocycles. The van der Waals surface area contributed by atoms with Crippen molar-refractivity contribution in [3.63, 3.8) is 0 Å². The monoisotopic (exact) mass is 363 g/mol. The van der Waals surface area contributed by atoms with Crippen molar-refractivity contribution in [3.8, 4) is 16.9 Å². The maximum absolute atomic E-state index is 6.05. The van der Waals surface area contributed by atoms with Crippen molar-refractivity contribution < 1.29 is 4.57 Å². The molecule has 1 heterocycles. The Balaban J connectivity index is 1.83. The SMILES string of the molecule is Clc1ccc(-c2csc(Nc3ccccc3)[n+]2-c2ccccc2)cc1. The Bertz CT molecular complexity index is 964. The first-order valence-electron chi connectivity index (χ1n) is 7.98. The highest BCUT2D eigenvalue weighted by Crippen LogP contribution is 2.28. The van der Waals surface area contributed by atoms with Crippen molar-refractivity contribution >= 4 is 33.8 Å². The number of nitrogens with zero attached hydrogens (tertiary/aromatic N) is 1. The standard InChI is InChI=1S/C21H15ClN2S/c22-17-13-11-16(12-14-17)20-15-25-21(23-18-7-3-1-4-8-18)24(20)19-9-5-2-6-10-19/h1-15H/p+1. The molecule has 0 fully saturated rings. The van der Waals surface area contributed by atoms with Gasteiger partial charge in [-0.05, 0) is 48.5 Å². The van der Waals surface area contributed by atoms with Gasteiger partial charge in [-0.25, -0.2) is 5.32 Å². The van der Waals surface area contributed by atoms with Gasteiger partial charge in [-0.15, -0.1) is 0 Å². The zero-order valence-electron chi connectivity index (χ0n) is 13.4. The van der Waals surface area contributed by atoms with E-state index in [-0.39, 0.29) is 0 Å². The molecule has 3 aromatic carbocycles. The summed E-state index contributed by atoms with van der Waals surface area (Å²) >= 11 is 7.74. The minimum absolute atomic E-state index is 0.743. The summed E-state index contributed by atoms with van der Waals surface area (Å²) in [5.74, 6) is 0. The molecule has 4 rings (SSSR count). The molecule has 2 nitrogen and oxygen atoms in total. The third-order valence-corrected chi connectivity index (χ3v) is 5.01. The number of thiazole rings is 1. The first-order valence-corrected chi connectivity index (χ1v) is 9.24. The van der Waals surface area contributed by atoms with Gasteiger partial charge in [-0.1, -0.05) is 59.3 Å². The van der Waals surface area contributed by atoms with E-state index in [9.17, 15) is 0 Å². The number of nitrogens with one attached hydrogen (secondary N) is 1. The second-order valence-corrected chi connectivity index (χ2v) is 6.89. The first kappa shape index (κ1) is 15.9. The van der Waals surface area contributed by atoms with Gasteiger partial charge in [0.1, 0.15) is 11.4 Å². The van der Waals surface area contributed by atoms with Crippen LogP contribution in [0.4, 0.5) is 10.8 Å². The van der Waals surface area contributed by atoms with Crippen LogP contribution in [0.2, 0.25) is 5.02 Å². The van der Waals surface area contributed by atoms with Crippen LogP contribution in [0.15, 0.2) is 90.3 Å². The molecule has 4 heteroatoms. The first-order chi connectivity index (χ1) is 12.3. The number of hydrogen-bond acceptors (Lipinski definition) is 2. The Kier molecular flexibility index (Phi) is 4.51. The maximum atomic E-state index is 6.05. The fourth-order valence-corrected chi connectivity index (χ4v) is 3.78. The molecule has 122 valence electrons. The van der Waals surface area contributed by atoms with E-state index >= 15 is 0 Å². The fourth-order valence-electron chi connectivity index (χ4n) is 2.71. The summed E-state index contributed by atoms with van der Waals surface area (Å²) in [6.45, 7) is 0. The third kappa shape index (κ3) is 3.43. The quantitative estimate of drug-likeness (QED) is 0.434. The average Bonchev–Trinajstić information content (AvgIpc) is 3.07. The van der Waals surface area contributed by atoms with Gasteiger partial charge in [-0.2, -0.15) is 4.57 Å². The number of rotatable bonds is 4. The Morgan fingerprint density at radius 2 is 1.40 bits per heavy atom. The second kappa shape index (κ2) is 7.09. The molecular weight excluding hydrogens is 348 g/mol. The molecule has 0 bridgehead atoms. The summed E-state index contributed by atoms with van der Waals surface area (Å²) in [5.41, 5.74) is 4.45. The Labute approximate surface area is 156 Å². The van der Waals surface area contributed by atoms with E-state index < -0.39 is 0 Å². The zero-order valence-corrected chi connectivity index (χ0v) is 15.0. The van der Waals surface area contributed by atoms with Gasteiger partial charge in [0.15, 0.2) is 5.69 Å². The maximum Gasteiger partial charge on any atom is 0.344 e. The van der Waals surface area contributed by atoms with Gasteiger partial charge >= 0.3 is 5.13 Å². The molecule has 1 N–H and O–H groups in total. The minimum Gasteiger partial charge on any atom is -0.231 e. The van der Waals surface area contributed by atoms with Gasteiger partial charge in [-0.3, -0.25) is 0 Å². The van der Waals surface area contributed by atoms with Gasteiger partial charge in [0.25, 0.3) is 0 Å². The zero-order chi connectivity index (χ0) is 17.1. The fraction of sp³-hybridized carbons (Fsp3) is 0. The predicted octanol–water partition coefficient (Wildman–Crippen LogP) is 6.09. The van der Waals surface area contributed by atoms with Gasteiger partial charge in [0.2, 0.25) is 0 Å². The van der Waals surface area contributed by atoms with E-state index in [0.717, 1.165) is 32.8 Å². The molecule has 4 aromatic rings. The highest BCUT2D eigenvalue weighted by molar-refractivity contribution is 7.13. The molecule has 0 radical (unpaired) electrons. The summed E-state index contributed by atoms with van der Waals surface area (Å²) in [5, 5.41) is 7.50. The predicted molar refractivity (Wildman–Crippen MR) is 106 cm³/mol. The van der Waals surface area contributed by atoms with Crippen molar-refractivity contribution in [2.24, 2.45) is 0 Å². The number of aromatic nitrogens is 1. The highest BCUT2D eigenvalue weighted by atomic mass is 35.5. The lowest BCUT2D eigenvalue weighted by molar-refractivity contribution is -0.563. The Morgan fingerprint density at radius 3 is 2.08 bits per heavy atom. The molecule has 1 aromatic heterocycles. The van der Waals surface area contributed by atoms with Crippen LogP contribution in [0.5, 0.6) is 0 Å². The van der Waals surface area contributed by atoms with Crippen LogP contribution in [-0.4, -0.2) is 0 Å². The van der Waals surface area contributed by atoms with Crippen molar-refractivity contribution in [2.75, 3.05) is 5.32 Å². The highest BCUT2D eigenvalue weighted by Gasteiger charge is 2.21. The van der Waals surface area contributed by atoms with E-state index in [0.29, 0.717) is 0 Å². The van der Waals surface area contributed by atoms with E-state index in [4.69, 9.17) is 11.6 Å². The second-order valence-electron chi connectivity index (χ2n) is 5.59. The average molecular weight is 364 g/mol. The number of anilines is 2. The lowest BCUT2D eigenvalue weighted by Crippen LogP contribution is -2.33. The van der Waals surface area contributed by atoms with Crippen molar-refractivity contribution in [2.45, 2.75) is 0 Å². The summed E-state index contributed by atoms with van der Waals surface area (Å²) < 4.78 is 2.24. The van der Waals surface area contributed by atoms with Gasteiger partial charge in [0.05, 0.1) is 0 Å². The van der Waals surface area contributed by atoms with Crippen molar-refractivity contribution in [1.82, 2.24) is 0 Å². The Morgan fingerprint density at radius 1 is 0.760 bits per heavy atom. The van der Waals surface area contributed by atoms with Crippen LogP contribution in [0.25, 0.3) is 16.9 Å². The molecule has 0 aliphatic rings. The van der Waals surface area contributed by atoms with E-state index in [1.807, 2.05) is 36.4 Å². The number of para-hydroxylation sites is 2. The summed E-state index contributed by atoms with van der Waals surface area (Å²) in [4.78, 5) is 0. The molecule has 0 saturated carbocycles. The normalized spacial score (nSPS) is 10.6. The molecule has 0 spiro atoms. The van der Waals surface area contributed by atoms with Crippen LogP contribution in [0.3, 0.4) is 0 Å². The van der Waals surface area contributed by atoms with Gasteiger partial charge < -0.3 is 0 Å². The molecule has 0 amide bonds.